The zero-order valence-electron chi connectivity index (χ0n) is 10.5. The van der Waals surface area contributed by atoms with E-state index >= 15 is 0 Å². The van der Waals surface area contributed by atoms with E-state index in [1.54, 1.807) is 23.9 Å². The minimum absolute atomic E-state index is 0.0920. The van der Waals surface area contributed by atoms with Gasteiger partial charge in [0.15, 0.2) is 0 Å². The molecule has 1 aliphatic rings. The number of hydrogen-bond acceptors (Lipinski definition) is 2. The lowest BCUT2D eigenvalue weighted by molar-refractivity contribution is -0.137. The van der Waals surface area contributed by atoms with Gasteiger partial charge in [-0.25, -0.2) is 0 Å². The Morgan fingerprint density at radius 1 is 1.42 bits per heavy atom. The van der Waals surface area contributed by atoms with E-state index < -0.39 is 11.7 Å². The summed E-state index contributed by atoms with van der Waals surface area (Å²) in [5, 5.41) is 0. The van der Waals surface area contributed by atoms with Gasteiger partial charge in [0.2, 0.25) is 0 Å². The van der Waals surface area contributed by atoms with Crippen molar-refractivity contribution < 1.29 is 13.2 Å². The van der Waals surface area contributed by atoms with E-state index in [2.05, 4.69) is 0 Å². The van der Waals surface area contributed by atoms with E-state index in [1.807, 2.05) is 11.8 Å². The highest BCUT2D eigenvalue weighted by molar-refractivity contribution is 7.99. The molecule has 0 spiro atoms. The number of anilines is 1. The fourth-order valence-electron chi connectivity index (χ4n) is 2.23. The molecule has 1 unspecified atom stereocenters. The molecule has 1 saturated heterocycles. The second kappa shape index (κ2) is 5.83. The third-order valence-corrected chi connectivity index (χ3v) is 4.70. The van der Waals surface area contributed by atoms with E-state index in [1.165, 1.54) is 0 Å². The van der Waals surface area contributed by atoms with Crippen LogP contribution in [0.25, 0.3) is 0 Å². The van der Waals surface area contributed by atoms with Gasteiger partial charge in [-0.15, -0.1) is 11.6 Å². The quantitative estimate of drug-likeness (QED) is 0.746. The molecule has 1 aromatic carbocycles. The molecule has 0 radical (unpaired) electrons. The Labute approximate surface area is 120 Å². The fourth-order valence-corrected chi connectivity index (χ4v) is 3.41. The Morgan fingerprint density at radius 2 is 2.16 bits per heavy atom. The normalized spacial score (nSPS) is 20.7. The molecule has 1 aliphatic heterocycles. The summed E-state index contributed by atoms with van der Waals surface area (Å²) in [6.07, 6.45) is -4.35. The summed E-state index contributed by atoms with van der Waals surface area (Å²) < 4.78 is 39.5. The molecular weight excluding hydrogens is 295 g/mol. The van der Waals surface area contributed by atoms with Crippen LogP contribution in [0.4, 0.5) is 18.9 Å². The van der Waals surface area contributed by atoms with Crippen LogP contribution in [0, 0.1) is 0 Å². The van der Waals surface area contributed by atoms with E-state index in [-0.39, 0.29) is 17.6 Å². The summed E-state index contributed by atoms with van der Waals surface area (Å²) in [7, 11) is 0. The van der Waals surface area contributed by atoms with Gasteiger partial charge in [-0.1, -0.05) is 6.07 Å². The Balaban J connectivity index is 2.43. The molecule has 1 nitrogen and oxygen atoms in total. The van der Waals surface area contributed by atoms with Crippen LogP contribution in [0.2, 0.25) is 0 Å². The first-order chi connectivity index (χ1) is 8.93. The van der Waals surface area contributed by atoms with Crippen molar-refractivity contribution >= 4 is 29.1 Å². The van der Waals surface area contributed by atoms with Crippen LogP contribution >= 0.6 is 23.4 Å². The number of hydrogen-bond donors (Lipinski definition) is 0. The summed E-state index contributed by atoms with van der Waals surface area (Å²) in [6.45, 7) is 2.61. The average molecular weight is 310 g/mol. The van der Waals surface area contributed by atoms with Crippen molar-refractivity contribution in [2.75, 3.05) is 23.0 Å². The number of alkyl halides is 4. The van der Waals surface area contributed by atoms with Crippen molar-refractivity contribution in [1.82, 2.24) is 0 Å². The molecule has 2 rings (SSSR count). The summed E-state index contributed by atoms with van der Waals surface area (Å²) >= 11 is 7.41. The summed E-state index contributed by atoms with van der Waals surface area (Å²) in [5.74, 6) is 1.81. The molecule has 1 heterocycles. The minimum atomic E-state index is -4.35. The van der Waals surface area contributed by atoms with Gasteiger partial charge >= 0.3 is 6.18 Å². The monoisotopic (exact) mass is 309 g/mol. The third kappa shape index (κ3) is 3.31. The van der Waals surface area contributed by atoms with Gasteiger partial charge in [0, 0.05) is 35.7 Å². The molecule has 1 atom stereocenters. The molecule has 0 aliphatic carbocycles. The molecule has 0 bridgehead atoms. The molecule has 106 valence electrons. The third-order valence-electron chi connectivity index (χ3n) is 3.20. The Morgan fingerprint density at radius 3 is 2.74 bits per heavy atom. The molecule has 19 heavy (non-hydrogen) atoms. The van der Waals surface area contributed by atoms with Gasteiger partial charge in [0.05, 0.1) is 5.56 Å². The molecule has 0 N–H and O–H groups in total. The zero-order chi connectivity index (χ0) is 14.0. The number of rotatable bonds is 2. The van der Waals surface area contributed by atoms with Gasteiger partial charge < -0.3 is 4.90 Å². The first-order valence-electron chi connectivity index (χ1n) is 6.04. The second-order valence-corrected chi connectivity index (χ2v) is 6.02. The van der Waals surface area contributed by atoms with Gasteiger partial charge in [-0.2, -0.15) is 24.9 Å². The molecular formula is C13H15ClF3NS. The van der Waals surface area contributed by atoms with Crippen molar-refractivity contribution in [3.63, 3.8) is 0 Å². The number of nitrogens with zero attached hydrogens (tertiary/aromatic N) is 1. The van der Waals surface area contributed by atoms with Crippen molar-refractivity contribution in [3.05, 3.63) is 29.3 Å². The van der Waals surface area contributed by atoms with Crippen LogP contribution in [0.5, 0.6) is 0 Å². The lowest BCUT2D eigenvalue weighted by Gasteiger charge is -2.36. The number of halogens is 4. The van der Waals surface area contributed by atoms with Crippen molar-refractivity contribution in [1.29, 1.82) is 0 Å². The van der Waals surface area contributed by atoms with E-state index in [4.69, 9.17) is 11.6 Å². The highest BCUT2D eigenvalue weighted by atomic mass is 35.5. The van der Waals surface area contributed by atoms with Crippen molar-refractivity contribution in [3.8, 4) is 0 Å². The molecule has 0 saturated carbocycles. The molecule has 0 aromatic heterocycles. The fraction of sp³-hybridized carbons (Fsp3) is 0.538. The van der Waals surface area contributed by atoms with E-state index in [0.717, 1.165) is 17.6 Å². The summed E-state index contributed by atoms with van der Waals surface area (Å²) in [5.41, 5.74) is 0.190. The van der Waals surface area contributed by atoms with Gasteiger partial charge in [0.25, 0.3) is 0 Å². The van der Waals surface area contributed by atoms with E-state index in [9.17, 15) is 13.2 Å². The smallest absolute Gasteiger partial charge is 0.367 e. The topological polar surface area (TPSA) is 3.24 Å². The van der Waals surface area contributed by atoms with Gasteiger partial charge in [-0.05, 0) is 24.6 Å². The predicted octanol–water partition coefficient (Wildman–Crippen LogP) is 4.39. The molecule has 6 heteroatoms. The van der Waals surface area contributed by atoms with Crippen LogP contribution in [-0.2, 0) is 12.1 Å². The van der Waals surface area contributed by atoms with Crippen LogP contribution in [0.1, 0.15) is 18.1 Å². The SMILES string of the molecule is CC1CSCCN1c1ccc(CCl)cc1C(F)(F)F. The highest BCUT2D eigenvalue weighted by Gasteiger charge is 2.36. The highest BCUT2D eigenvalue weighted by Crippen LogP contribution is 2.39. The van der Waals surface area contributed by atoms with Crippen molar-refractivity contribution in [2.45, 2.75) is 25.0 Å². The maximum atomic E-state index is 13.2. The first kappa shape index (κ1) is 14.9. The minimum Gasteiger partial charge on any atom is -0.367 e. The Kier molecular flexibility index (Phi) is 4.56. The molecule has 1 fully saturated rings. The Bertz CT molecular complexity index is 450. The summed E-state index contributed by atoms with van der Waals surface area (Å²) in [4.78, 5) is 1.84. The number of benzene rings is 1. The maximum absolute atomic E-state index is 13.2. The standard InChI is InChI=1S/C13H15ClF3NS/c1-9-8-19-5-4-18(9)12-3-2-10(7-14)6-11(12)13(15,16)17/h2-3,6,9H,4-5,7-8H2,1H3. The van der Waals surface area contributed by atoms with Crippen LogP contribution in [0.15, 0.2) is 18.2 Å². The second-order valence-electron chi connectivity index (χ2n) is 4.60. The zero-order valence-corrected chi connectivity index (χ0v) is 12.1. The average Bonchev–Trinajstić information content (AvgIpc) is 2.38. The predicted molar refractivity (Wildman–Crippen MR) is 75.1 cm³/mol. The number of thioether (sulfide) groups is 1. The Hall–Kier alpha value is -0.550. The molecule has 1 aromatic rings. The first-order valence-corrected chi connectivity index (χ1v) is 7.73. The van der Waals surface area contributed by atoms with Crippen molar-refractivity contribution in [2.24, 2.45) is 0 Å². The van der Waals surface area contributed by atoms with E-state index in [0.29, 0.717) is 12.1 Å². The lowest BCUT2D eigenvalue weighted by atomic mass is 10.1. The van der Waals surface area contributed by atoms with Gasteiger partial charge in [-0.3, -0.25) is 0 Å². The summed E-state index contributed by atoms with van der Waals surface area (Å²) in [6, 6.07) is 4.50. The largest absolute Gasteiger partial charge is 0.418 e. The van der Waals surface area contributed by atoms with Crippen LogP contribution < -0.4 is 4.90 Å². The van der Waals surface area contributed by atoms with Gasteiger partial charge in [0.1, 0.15) is 0 Å². The maximum Gasteiger partial charge on any atom is 0.418 e. The molecule has 0 amide bonds. The van der Waals surface area contributed by atoms with Crippen LogP contribution in [0.3, 0.4) is 0 Å². The van der Waals surface area contributed by atoms with Crippen LogP contribution in [-0.4, -0.2) is 24.1 Å². The lowest BCUT2D eigenvalue weighted by Crippen LogP contribution is -2.41.